The van der Waals surface area contributed by atoms with Crippen LogP contribution in [0.4, 0.5) is 23.2 Å². The second-order valence-electron chi connectivity index (χ2n) is 7.38. The number of hydrogen-bond donors (Lipinski definition) is 2. The van der Waals surface area contributed by atoms with E-state index in [-0.39, 0.29) is 31.1 Å². The van der Waals surface area contributed by atoms with Gasteiger partial charge in [0.25, 0.3) is 9.84 Å². The van der Waals surface area contributed by atoms with Crippen molar-refractivity contribution >= 4 is 25.5 Å². The first-order valence-electron chi connectivity index (χ1n) is 9.29. The molecule has 0 aliphatic carbocycles. The average Bonchev–Trinajstić information content (AvgIpc) is 2.70. The summed E-state index contributed by atoms with van der Waals surface area (Å²) in [5, 5.41) is 2.50. The van der Waals surface area contributed by atoms with Gasteiger partial charge in [0.05, 0.1) is 42.3 Å². The van der Waals surface area contributed by atoms with Gasteiger partial charge < -0.3 is 10.1 Å². The minimum absolute atomic E-state index is 0.192. The van der Waals surface area contributed by atoms with Crippen LogP contribution in [0.5, 0.6) is 5.88 Å². The molecule has 0 saturated heterocycles. The number of sulfonamides is 1. The molecule has 33 heavy (non-hydrogen) atoms. The van der Waals surface area contributed by atoms with Crippen LogP contribution in [0.15, 0.2) is 40.4 Å². The third kappa shape index (κ3) is 6.98. The second-order valence-corrected chi connectivity index (χ2v) is 11.1. The lowest BCUT2D eigenvalue weighted by molar-refractivity contribution is -0.0435. The van der Waals surface area contributed by atoms with Crippen LogP contribution >= 0.6 is 0 Å². The molecule has 1 heterocycles. The number of benzene rings is 1. The lowest BCUT2D eigenvalue weighted by Crippen LogP contribution is -2.29. The van der Waals surface area contributed by atoms with Gasteiger partial charge in [0.2, 0.25) is 15.9 Å². The van der Waals surface area contributed by atoms with Crippen LogP contribution in [0.1, 0.15) is 26.0 Å². The summed E-state index contributed by atoms with van der Waals surface area (Å²) in [4.78, 5) is 5.82. The van der Waals surface area contributed by atoms with E-state index in [0.717, 1.165) is 12.1 Å². The number of sulfone groups is 1. The Kier molecular flexibility index (Phi) is 7.91. The lowest BCUT2D eigenvalue weighted by Gasteiger charge is -2.17. The highest BCUT2D eigenvalue weighted by Gasteiger charge is 2.48. The first kappa shape index (κ1) is 26.7. The van der Waals surface area contributed by atoms with Gasteiger partial charge in [0, 0.05) is 6.54 Å². The van der Waals surface area contributed by atoms with Crippen molar-refractivity contribution in [2.75, 3.05) is 19.0 Å². The molecule has 2 rings (SSSR count). The van der Waals surface area contributed by atoms with Crippen molar-refractivity contribution in [1.82, 2.24) is 14.7 Å². The fourth-order valence-electron chi connectivity index (χ4n) is 2.45. The van der Waals surface area contributed by atoms with Crippen LogP contribution in [-0.4, -0.2) is 51.6 Å². The molecule has 0 spiro atoms. The first-order chi connectivity index (χ1) is 15.1. The zero-order chi connectivity index (χ0) is 25.1. The smallest absolute Gasteiger partial charge is 0.480 e. The molecule has 2 aromatic rings. The third-order valence-corrected chi connectivity index (χ3v) is 7.20. The fourth-order valence-corrected chi connectivity index (χ4v) is 4.55. The SMILES string of the molecule is COc1cnc(CNc2ccc(S(=O)(=O)NCCC(C)(C)F)cc2S(=O)(=O)C(F)(F)F)cn1. The average molecular weight is 515 g/mol. The zero-order valence-corrected chi connectivity index (χ0v) is 19.4. The quantitative estimate of drug-likeness (QED) is 0.464. The Morgan fingerprint density at radius 3 is 2.21 bits per heavy atom. The van der Waals surface area contributed by atoms with Gasteiger partial charge in [-0.3, -0.25) is 4.98 Å². The highest BCUT2D eigenvalue weighted by atomic mass is 32.2. The molecule has 0 fully saturated rings. The molecular weight excluding hydrogens is 492 g/mol. The van der Waals surface area contributed by atoms with Crippen molar-refractivity contribution in [2.24, 2.45) is 0 Å². The molecule has 184 valence electrons. The van der Waals surface area contributed by atoms with E-state index in [9.17, 15) is 34.4 Å². The summed E-state index contributed by atoms with van der Waals surface area (Å²) in [5.74, 6) is 0.192. The van der Waals surface area contributed by atoms with E-state index < -0.39 is 46.5 Å². The van der Waals surface area contributed by atoms with Gasteiger partial charge in [-0.05, 0) is 38.5 Å². The van der Waals surface area contributed by atoms with Gasteiger partial charge in [-0.25, -0.2) is 30.9 Å². The summed E-state index contributed by atoms with van der Waals surface area (Å²) >= 11 is 0. The van der Waals surface area contributed by atoms with Crippen molar-refractivity contribution in [1.29, 1.82) is 0 Å². The Hall–Kier alpha value is -2.52. The van der Waals surface area contributed by atoms with Gasteiger partial charge in [-0.2, -0.15) is 13.2 Å². The lowest BCUT2D eigenvalue weighted by atomic mass is 10.1. The summed E-state index contributed by atoms with van der Waals surface area (Å²) in [5.41, 5.74) is -7.62. The topological polar surface area (TPSA) is 127 Å². The van der Waals surface area contributed by atoms with Gasteiger partial charge in [-0.15, -0.1) is 0 Å². The molecule has 0 aliphatic heterocycles. The molecule has 0 amide bonds. The molecule has 2 N–H and O–H groups in total. The first-order valence-corrected chi connectivity index (χ1v) is 12.3. The Morgan fingerprint density at radius 2 is 1.70 bits per heavy atom. The maximum absolute atomic E-state index is 13.6. The summed E-state index contributed by atoms with van der Waals surface area (Å²) < 4.78 is 109. The molecule has 0 unspecified atom stereocenters. The molecule has 0 saturated carbocycles. The minimum atomic E-state index is -5.92. The number of anilines is 1. The number of aromatic nitrogens is 2. The van der Waals surface area contributed by atoms with E-state index in [0.29, 0.717) is 6.07 Å². The molecular formula is C18H22F4N4O5S2. The van der Waals surface area contributed by atoms with Crippen molar-refractivity contribution < 1.29 is 39.1 Å². The van der Waals surface area contributed by atoms with Crippen LogP contribution in [0.2, 0.25) is 0 Å². The normalized spacial score (nSPS) is 13.1. The Bertz CT molecular complexity index is 1180. The van der Waals surface area contributed by atoms with Crippen LogP contribution in [0, 0.1) is 0 Å². The van der Waals surface area contributed by atoms with E-state index in [1.807, 2.05) is 4.72 Å². The Labute approximate surface area is 188 Å². The summed E-state index contributed by atoms with van der Waals surface area (Å²) in [6.45, 7) is 1.89. The monoisotopic (exact) mass is 514 g/mol. The van der Waals surface area contributed by atoms with Crippen molar-refractivity contribution in [3.63, 3.8) is 0 Å². The van der Waals surface area contributed by atoms with Gasteiger partial charge >= 0.3 is 5.51 Å². The van der Waals surface area contributed by atoms with Gasteiger partial charge in [0.1, 0.15) is 10.6 Å². The molecule has 1 aromatic heterocycles. The zero-order valence-electron chi connectivity index (χ0n) is 17.8. The standard InChI is InChI=1S/C18H22F4N4O5S2/c1-17(2,19)6-7-26-33(29,30)13-4-5-14(15(8-13)32(27,28)18(20,21)22)24-9-12-10-25-16(31-3)11-23-12/h4-5,8,10-11,24,26H,6-7,9H2,1-3H3. The maximum atomic E-state index is 13.6. The van der Waals surface area contributed by atoms with Crippen molar-refractivity contribution in [3.05, 3.63) is 36.3 Å². The number of nitrogens with zero attached hydrogens (tertiary/aromatic N) is 2. The fraction of sp³-hybridized carbons (Fsp3) is 0.444. The van der Waals surface area contributed by atoms with E-state index in [4.69, 9.17) is 4.74 Å². The Balaban J connectivity index is 2.40. The largest absolute Gasteiger partial charge is 0.501 e. The Morgan fingerprint density at radius 1 is 1.03 bits per heavy atom. The second kappa shape index (κ2) is 9.77. The molecule has 15 heteroatoms. The number of methoxy groups -OCH3 is 1. The minimum Gasteiger partial charge on any atom is -0.480 e. The molecule has 0 radical (unpaired) electrons. The number of ether oxygens (including phenoxy) is 1. The predicted molar refractivity (Wildman–Crippen MR) is 111 cm³/mol. The van der Waals surface area contributed by atoms with Crippen molar-refractivity contribution in [3.8, 4) is 5.88 Å². The highest BCUT2D eigenvalue weighted by molar-refractivity contribution is 7.92. The van der Waals surface area contributed by atoms with E-state index >= 15 is 0 Å². The number of hydrogen-bond acceptors (Lipinski definition) is 8. The van der Waals surface area contributed by atoms with Crippen LogP contribution < -0.4 is 14.8 Å². The van der Waals surface area contributed by atoms with Crippen LogP contribution in [-0.2, 0) is 26.4 Å². The van der Waals surface area contributed by atoms with E-state index in [1.165, 1.54) is 33.4 Å². The molecule has 0 atom stereocenters. The summed E-state index contributed by atoms with van der Waals surface area (Å²) in [6, 6.07) is 2.22. The molecule has 0 aliphatic rings. The third-order valence-electron chi connectivity index (χ3n) is 4.22. The van der Waals surface area contributed by atoms with E-state index in [2.05, 4.69) is 15.3 Å². The van der Waals surface area contributed by atoms with E-state index in [1.54, 1.807) is 0 Å². The summed E-state index contributed by atoms with van der Waals surface area (Å²) in [7, 11) is -8.97. The van der Waals surface area contributed by atoms with Crippen molar-refractivity contribution in [2.45, 2.75) is 47.8 Å². The number of alkyl halides is 4. The number of halogens is 4. The molecule has 0 bridgehead atoms. The molecule has 1 aromatic carbocycles. The van der Waals surface area contributed by atoms with Crippen LogP contribution in [0.3, 0.4) is 0 Å². The van der Waals surface area contributed by atoms with Gasteiger partial charge in [-0.1, -0.05) is 0 Å². The van der Waals surface area contributed by atoms with Crippen LogP contribution in [0.25, 0.3) is 0 Å². The number of rotatable bonds is 10. The number of nitrogens with one attached hydrogen (secondary N) is 2. The highest BCUT2D eigenvalue weighted by Crippen LogP contribution is 2.36. The summed E-state index contributed by atoms with van der Waals surface area (Å²) in [6.07, 6.45) is 2.31. The van der Waals surface area contributed by atoms with Gasteiger partial charge in [0.15, 0.2) is 0 Å². The predicted octanol–water partition coefficient (Wildman–Crippen LogP) is 2.81. The maximum Gasteiger partial charge on any atom is 0.501 e. The molecule has 9 nitrogen and oxygen atoms in total.